The summed E-state index contributed by atoms with van der Waals surface area (Å²) in [6.45, 7) is 0. The molecule has 0 radical (unpaired) electrons. The normalized spacial score (nSPS) is 15.4. The van der Waals surface area contributed by atoms with Crippen molar-refractivity contribution in [2.24, 2.45) is 0 Å². The largest absolute Gasteiger partial charge is 0.454 e. The maximum atomic E-state index is 14.2. The molecule has 0 unspecified atom stereocenters. The lowest BCUT2D eigenvalue weighted by Gasteiger charge is -2.27. The van der Waals surface area contributed by atoms with Crippen molar-refractivity contribution in [1.82, 2.24) is 9.97 Å². The Morgan fingerprint density at radius 2 is 1.41 bits per heavy atom. The zero-order chi connectivity index (χ0) is 21.5. The highest BCUT2D eigenvalue weighted by atomic mass is 16.3. The summed E-state index contributed by atoms with van der Waals surface area (Å²) in [5, 5.41) is 0.825. The Balaban J connectivity index is 1.70. The highest BCUT2D eigenvalue weighted by Gasteiger charge is 2.28. The zero-order valence-electron chi connectivity index (χ0n) is 18.2. The van der Waals surface area contributed by atoms with Crippen LogP contribution in [0.4, 0.5) is 0 Å². The van der Waals surface area contributed by atoms with Crippen LogP contribution in [-0.4, -0.2) is 9.97 Å². The Morgan fingerprint density at radius 1 is 0.750 bits per heavy atom. The maximum absolute atomic E-state index is 14.2. The fourth-order valence-electron chi connectivity index (χ4n) is 5.61. The van der Waals surface area contributed by atoms with Gasteiger partial charge in [0.25, 0.3) is 0 Å². The molecule has 4 heteroatoms. The van der Waals surface area contributed by atoms with Gasteiger partial charge in [0.15, 0.2) is 11.2 Å². The molecular weight excluding hydrogens is 396 g/mol. The second kappa shape index (κ2) is 8.01. The molecule has 0 saturated carbocycles. The minimum atomic E-state index is 0.101. The molecule has 0 saturated heterocycles. The first-order valence-electron chi connectivity index (χ1n) is 11.8. The SMILES string of the molecule is O=c1c(Cc2ccccn2)c(-c2ccccn2)oc2c3c(c4c(c12)CCCC4)CCCC3. The third kappa shape index (κ3) is 3.17. The molecule has 2 aliphatic rings. The van der Waals surface area contributed by atoms with E-state index in [1.165, 1.54) is 35.1 Å². The number of fused-ring (bicyclic) bond motifs is 6. The Morgan fingerprint density at radius 3 is 2.09 bits per heavy atom. The van der Waals surface area contributed by atoms with E-state index >= 15 is 0 Å². The van der Waals surface area contributed by atoms with E-state index in [0.29, 0.717) is 23.4 Å². The van der Waals surface area contributed by atoms with E-state index in [1.54, 1.807) is 12.4 Å². The van der Waals surface area contributed by atoms with E-state index in [-0.39, 0.29) is 5.43 Å². The minimum absolute atomic E-state index is 0.101. The molecule has 4 nitrogen and oxygen atoms in total. The molecule has 0 atom stereocenters. The lowest BCUT2D eigenvalue weighted by molar-refractivity contribution is 0.584. The van der Waals surface area contributed by atoms with Gasteiger partial charge in [0.1, 0.15) is 11.3 Å². The predicted molar refractivity (Wildman–Crippen MR) is 126 cm³/mol. The van der Waals surface area contributed by atoms with Crippen molar-refractivity contribution in [3.63, 3.8) is 0 Å². The van der Waals surface area contributed by atoms with Gasteiger partial charge >= 0.3 is 0 Å². The Kier molecular flexibility index (Phi) is 4.86. The molecule has 4 aromatic rings. The minimum Gasteiger partial charge on any atom is -0.454 e. The van der Waals surface area contributed by atoms with Gasteiger partial charge in [0.2, 0.25) is 0 Å². The highest BCUT2D eigenvalue weighted by Crippen LogP contribution is 2.39. The van der Waals surface area contributed by atoms with Gasteiger partial charge < -0.3 is 4.42 Å². The van der Waals surface area contributed by atoms with E-state index in [4.69, 9.17) is 4.42 Å². The fourth-order valence-corrected chi connectivity index (χ4v) is 5.61. The first-order valence-corrected chi connectivity index (χ1v) is 11.8. The Labute approximate surface area is 187 Å². The summed E-state index contributed by atoms with van der Waals surface area (Å²) in [6, 6.07) is 11.6. The maximum Gasteiger partial charge on any atom is 0.197 e. The van der Waals surface area contributed by atoms with E-state index in [1.807, 2.05) is 36.4 Å². The van der Waals surface area contributed by atoms with Gasteiger partial charge in [0, 0.05) is 24.5 Å². The molecule has 3 aromatic heterocycles. The van der Waals surface area contributed by atoms with Crippen LogP contribution in [0.1, 0.15) is 59.2 Å². The first kappa shape index (κ1) is 19.4. The average molecular weight is 423 g/mol. The van der Waals surface area contributed by atoms with Crippen LogP contribution in [0.15, 0.2) is 58.0 Å². The molecule has 0 fully saturated rings. The summed E-state index contributed by atoms with van der Waals surface area (Å²) in [5.41, 5.74) is 8.58. The molecule has 32 heavy (non-hydrogen) atoms. The van der Waals surface area contributed by atoms with Gasteiger partial charge in [-0.05, 0) is 97.9 Å². The summed E-state index contributed by atoms with van der Waals surface area (Å²) in [5.74, 6) is 0.595. The molecule has 6 rings (SSSR count). The van der Waals surface area contributed by atoms with Gasteiger partial charge in [-0.2, -0.15) is 0 Å². The van der Waals surface area contributed by atoms with Crippen molar-refractivity contribution >= 4 is 11.0 Å². The number of aryl methyl sites for hydroxylation is 2. The average Bonchev–Trinajstić information content (AvgIpc) is 2.86. The fraction of sp³-hybridized carbons (Fsp3) is 0.321. The van der Waals surface area contributed by atoms with Crippen LogP contribution in [0, 0.1) is 0 Å². The van der Waals surface area contributed by atoms with Crippen LogP contribution >= 0.6 is 0 Å². The van der Waals surface area contributed by atoms with Crippen LogP contribution in [0.5, 0.6) is 0 Å². The van der Waals surface area contributed by atoms with Crippen molar-refractivity contribution in [3.05, 3.63) is 92.5 Å². The quantitative estimate of drug-likeness (QED) is 0.431. The first-order chi connectivity index (χ1) is 15.8. The van der Waals surface area contributed by atoms with Crippen LogP contribution in [0.2, 0.25) is 0 Å². The number of hydrogen-bond donors (Lipinski definition) is 0. The number of benzene rings is 1. The van der Waals surface area contributed by atoms with Crippen LogP contribution in [0.25, 0.3) is 22.4 Å². The van der Waals surface area contributed by atoms with Gasteiger partial charge in [-0.15, -0.1) is 0 Å². The van der Waals surface area contributed by atoms with Crippen LogP contribution in [-0.2, 0) is 32.1 Å². The summed E-state index contributed by atoms with van der Waals surface area (Å²) in [4.78, 5) is 23.2. The molecule has 0 N–H and O–H groups in total. The summed E-state index contributed by atoms with van der Waals surface area (Å²) in [6.07, 6.45) is 12.8. The molecule has 3 heterocycles. The highest BCUT2D eigenvalue weighted by molar-refractivity contribution is 5.89. The van der Waals surface area contributed by atoms with E-state index in [2.05, 4.69) is 9.97 Å². The van der Waals surface area contributed by atoms with E-state index in [0.717, 1.165) is 55.2 Å². The second-order valence-electron chi connectivity index (χ2n) is 8.98. The van der Waals surface area contributed by atoms with Gasteiger partial charge in [0.05, 0.1) is 10.9 Å². The smallest absolute Gasteiger partial charge is 0.197 e. The second-order valence-corrected chi connectivity index (χ2v) is 8.98. The topological polar surface area (TPSA) is 56.0 Å². The van der Waals surface area contributed by atoms with Gasteiger partial charge in [-0.1, -0.05) is 12.1 Å². The predicted octanol–water partition coefficient (Wildman–Crippen LogP) is 5.60. The summed E-state index contributed by atoms with van der Waals surface area (Å²) < 4.78 is 6.71. The molecule has 0 aliphatic heterocycles. The number of hydrogen-bond acceptors (Lipinski definition) is 4. The van der Waals surface area contributed by atoms with E-state index in [9.17, 15) is 4.79 Å². The van der Waals surface area contributed by atoms with Crippen molar-refractivity contribution < 1.29 is 4.42 Å². The standard InChI is InChI=1S/C28H26N2O2/c31-26-23(17-18-9-5-7-15-29-18)27(24-14-6-8-16-30-24)32-28-22-13-4-2-11-20(22)19-10-1-3-12-21(19)25(26)28/h5-9,14-16H,1-4,10-13,17H2. The lowest BCUT2D eigenvalue weighted by Crippen LogP contribution is -2.20. The Bertz CT molecular complexity index is 1360. The number of aromatic nitrogens is 2. The van der Waals surface area contributed by atoms with Crippen molar-refractivity contribution in [1.29, 1.82) is 0 Å². The van der Waals surface area contributed by atoms with E-state index < -0.39 is 0 Å². The van der Waals surface area contributed by atoms with Gasteiger partial charge in [-0.3, -0.25) is 14.8 Å². The lowest BCUT2D eigenvalue weighted by atomic mass is 9.78. The third-order valence-corrected chi connectivity index (χ3v) is 7.06. The number of nitrogens with zero attached hydrogens (tertiary/aromatic N) is 2. The van der Waals surface area contributed by atoms with Crippen LogP contribution < -0.4 is 5.43 Å². The zero-order valence-corrected chi connectivity index (χ0v) is 18.2. The van der Waals surface area contributed by atoms with Crippen molar-refractivity contribution in [2.45, 2.75) is 57.8 Å². The number of rotatable bonds is 3. The molecule has 0 bridgehead atoms. The molecule has 0 amide bonds. The molecule has 2 aliphatic carbocycles. The summed E-state index contributed by atoms with van der Waals surface area (Å²) in [7, 11) is 0. The number of pyridine rings is 2. The van der Waals surface area contributed by atoms with Crippen LogP contribution in [0.3, 0.4) is 0 Å². The monoisotopic (exact) mass is 422 g/mol. The summed E-state index contributed by atoms with van der Waals surface area (Å²) >= 11 is 0. The molecule has 160 valence electrons. The molecular formula is C28H26N2O2. The van der Waals surface area contributed by atoms with Crippen molar-refractivity contribution in [2.75, 3.05) is 0 Å². The van der Waals surface area contributed by atoms with Gasteiger partial charge in [-0.25, -0.2) is 0 Å². The molecule has 0 spiro atoms. The van der Waals surface area contributed by atoms with Crippen molar-refractivity contribution in [3.8, 4) is 11.5 Å². The molecule has 1 aromatic carbocycles. The Hall–Kier alpha value is -3.27. The third-order valence-electron chi connectivity index (χ3n) is 7.06.